The molecule has 0 N–H and O–H groups in total. The first kappa shape index (κ1) is 12.2. The van der Waals surface area contributed by atoms with Crippen molar-refractivity contribution in [2.24, 2.45) is 5.92 Å². The lowest BCUT2D eigenvalue weighted by atomic mass is 9.86. The van der Waals surface area contributed by atoms with Crippen molar-refractivity contribution in [3.05, 3.63) is 34.9 Å². The Balaban J connectivity index is 2.37. The minimum absolute atomic E-state index is 0.333. The summed E-state index contributed by atoms with van der Waals surface area (Å²) in [7, 11) is 0. The summed E-state index contributed by atoms with van der Waals surface area (Å²) in [6, 6.07) is 7.06. The molecule has 0 fully saturated rings. The molecule has 0 saturated carbocycles. The van der Waals surface area contributed by atoms with Crippen LogP contribution in [0.4, 0.5) is 0 Å². The minimum Gasteiger partial charge on any atom is -0.0838 e. The van der Waals surface area contributed by atoms with E-state index in [1.165, 1.54) is 29.5 Å². The predicted molar refractivity (Wildman–Crippen MR) is 74.3 cm³/mol. The van der Waals surface area contributed by atoms with Crippen LogP contribution in [0.15, 0.2) is 18.2 Å². The standard InChI is InChI=1S/C15H21Br/c1-10(2)7-11-5-6-13-12(8-11)14(16)9-15(13,3)4/h5-6,8,10,14H,7,9H2,1-4H3. The van der Waals surface area contributed by atoms with Crippen molar-refractivity contribution < 1.29 is 0 Å². The Bertz CT molecular complexity index is 390. The molecule has 16 heavy (non-hydrogen) atoms. The first-order valence-electron chi connectivity index (χ1n) is 6.17. The number of halogens is 1. The fourth-order valence-corrected chi connectivity index (χ4v) is 3.94. The summed E-state index contributed by atoms with van der Waals surface area (Å²) in [5.74, 6) is 0.737. The molecule has 1 aromatic rings. The second-order valence-electron chi connectivity index (χ2n) is 6.08. The molecule has 1 unspecified atom stereocenters. The minimum atomic E-state index is 0.333. The summed E-state index contributed by atoms with van der Waals surface area (Å²) in [6.45, 7) is 9.25. The van der Waals surface area contributed by atoms with Gasteiger partial charge in [-0.3, -0.25) is 0 Å². The van der Waals surface area contributed by atoms with E-state index in [2.05, 4.69) is 61.8 Å². The molecule has 2 rings (SSSR count). The largest absolute Gasteiger partial charge is 0.0838 e. The van der Waals surface area contributed by atoms with Crippen LogP contribution in [-0.4, -0.2) is 0 Å². The fourth-order valence-electron chi connectivity index (χ4n) is 2.75. The highest BCUT2D eigenvalue weighted by Crippen LogP contribution is 2.48. The van der Waals surface area contributed by atoms with E-state index in [0.717, 1.165) is 5.92 Å². The summed E-state index contributed by atoms with van der Waals surface area (Å²) >= 11 is 3.81. The Kier molecular flexibility index (Phi) is 3.18. The zero-order chi connectivity index (χ0) is 11.9. The van der Waals surface area contributed by atoms with Gasteiger partial charge in [-0.05, 0) is 40.9 Å². The maximum absolute atomic E-state index is 3.81. The average molecular weight is 281 g/mol. The smallest absolute Gasteiger partial charge is 0.0406 e. The molecule has 1 aromatic carbocycles. The molecule has 0 bridgehead atoms. The third-order valence-corrected chi connectivity index (χ3v) is 4.33. The second-order valence-corrected chi connectivity index (χ2v) is 7.18. The van der Waals surface area contributed by atoms with Crippen molar-refractivity contribution >= 4 is 15.9 Å². The molecule has 88 valence electrons. The normalized spacial score (nSPS) is 22.5. The molecule has 0 heterocycles. The summed E-state index contributed by atoms with van der Waals surface area (Å²) in [5.41, 5.74) is 4.86. The molecule has 0 aliphatic heterocycles. The second kappa shape index (κ2) is 4.18. The third-order valence-electron chi connectivity index (χ3n) is 3.52. The molecule has 1 aliphatic rings. The molecule has 0 amide bonds. The van der Waals surface area contributed by atoms with Crippen LogP contribution in [-0.2, 0) is 11.8 Å². The maximum atomic E-state index is 3.81. The van der Waals surface area contributed by atoms with Gasteiger partial charge in [-0.25, -0.2) is 0 Å². The van der Waals surface area contributed by atoms with Crippen molar-refractivity contribution in [1.82, 2.24) is 0 Å². The van der Waals surface area contributed by atoms with Crippen LogP contribution in [0.5, 0.6) is 0 Å². The molecule has 0 radical (unpaired) electrons. The fraction of sp³-hybridized carbons (Fsp3) is 0.600. The van der Waals surface area contributed by atoms with Crippen LogP contribution in [0.2, 0.25) is 0 Å². The van der Waals surface area contributed by atoms with Crippen LogP contribution in [0.3, 0.4) is 0 Å². The highest BCUT2D eigenvalue weighted by atomic mass is 79.9. The highest BCUT2D eigenvalue weighted by Gasteiger charge is 2.35. The van der Waals surface area contributed by atoms with E-state index in [1.54, 1.807) is 0 Å². The van der Waals surface area contributed by atoms with E-state index >= 15 is 0 Å². The van der Waals surface area contributed by atoms with Gasteiger partial charge in [0.1, 0.15) is 0 Å². The van der Waals surface area contributed by atoms with Crippen molar-refractivity contribution in [1.29, 1.82) is 0 Å². The maximum Gasteiger partial charge on any atom is 0.0406 e. The zero-order valence-electron chi connectivity index (χ0n) is 10.7. The first-order chi connectivity index (χ1) is 7.40. The zero-order valence-corrected chi connectivity index (χ0v) is 12.3. The summed E-state index contributed by atoms with van der Waals surface area (Å²) in [6.07, 6.45) is 2.40. The molecule has 0 nitrogen and oxygen atoms in total. The topological polar surface area (TPSA) is 0 Å². The Morgan fingerprint density at radius 3 is 2.69 bits per heavy atom. The number of alkyl halides is 1. The van der Waals surface area contributed by atoms with E-state index in [4.69, 9.17) is 0 Å². The van der Waals surface area contributed by atoms with E-state index < -0.39 is 0 Å². The molecular weight excluding hydrogens is 260 g/mol. The lowest BCUT2D eigenvalue weighted by molar-refractivity contribution is 0.521. The van der Waals surface area contributed by atoms with Crippen molar-refractivity contribution in [2.45, 2.75) is 50.8 Å². The van der Waals surface area contributed by atoms with Gasteiger partial charge in [0.05, 0.1) is 0 Å². The SMILES string of the molecule is CC(C)Cc1ccc2c(c1)C(Br)CC2(C)C. The first-order valence-corrected chi connectivity index (χ1v) is 7.09. The molecule has 1 aliphatic carbocycles. The Labute approximate surface area is 108 Å². The van der Waals surface area contributed by atoms with Crippen LogP contribution in [0, 0.1) is 5.92 Å². The van der Waals surface area contributed by atoms with Gasteiger partial charge < -0.3 is 0 Å². The van der Waals surface area contributed by atoms with Crippen molar-refractivity contribution in [3.8, 4) is 0 Å². The Morgan fingerprint density at radius 1 is 1.38 bits per heavy atom. The summed E-state index contributed by atoms with van der Waals surface area (Å²) < 4.78 is 0. The molecule has 0 spiro atoms. The van der Waals surface area contributed by atoms with E-state index in [0.29, 0.717) is 10.2 Å². The highest BCUT2D eigenvalue weighted by molar-refractivity contribution is 9.09. The third kappa shape index (κ3) is 2.20. The lowest BCUT2D eigenvalue weighted by Gasteiger charge is -2.19. The number of fused-ring (bicyclic) bond motifs is 1. The summed E-state index contributed by atoms with van der Waals surface area (Å²) in [5, 5.41) is 0. The van der Waals surface area contributed by atoms with Crippen LogP contribution >= 0.6 is 15.9 Å². The summed E-state index contributed by atoms with van der Waals surface area (Å²) in [4.78, 5) is 0.546. The van der Waals surface area contributed by atoms with E-state index in [9.17, 15) is 0 Å². The van der Waals surface area contributed by atoms with Crippen molar-refractivity contribution in [2.75, 3.05) is 0 Å². The van der Waals surface area contributed by atoms with E-state index in [1.807, 2.05) is 0 Å². The molecule has 0 aromatic heterocycles. The van der Waals surface area contributed by atoms with Gasteiger partial charge >= 0.3 is 0 Å². The van der Waals surface area contributed by atoms with Gasteiger partial charge in [0, 0.05) is 4.83 Å². The molecule has 1 heteroatoms. The van der Waals surface area contributed by atoms with Crippen molar-refractivity contribution in [3.63, 3.8) is 0 Å². The van der Waals surface area contributed by atoms with Gasteiger partial charge in [-0.2, -0.15) is 0 Å². The van der Waals surface area contributed by atoms with Crippen LogP contribution < -0.4 is 0 Å². The van der Waals surface area contributed by atoms with Gasteiger partial charge in [0.25, 0.3) is 0 Å². The Hall–Kier alpha value is -0.300. The van der Waals surface area contributed by atoms with Gasteiger partial charge in [0.2, 0.25) is 0 Å². The predicted octanol–water partition coefficient (Wildman–Crippen LogP) is 5.00. The monoisotopic (exact) mass is 280 g/mol. The average Bonchev–Trinajstić information content (AvgIpc) is 2.36. The lowest BCUT2D eigenvalue weighted by Crippen LogP contribution is -2.11. The molecular formula is C15H21Br. The quantitative estimate of drug-likeness (QED) is 0.669. The number of hydrogen-bond donors (Lipinski definition) is 0. The number of hydrogen-bond acceptors (Lipinski definition) is 0. The number of benzene rings is 1. The van der Waals surface area contributed by atoms with E-state index in [-0.39, 0.29) is 0 Å². The van der Waals surface area contributed by atoms with Crippen LogP contribution in [0.1, 0.15) is 55.6 Å². The van der Waals surface area contributed by atoms with Crippen LogP contribution in [0.25, 0.3) is 0 Å². The molecule has 0 saturated heterocycles. The number of rotatable bonds is 2. The molecule has 1 atom stereocenters. The van der Waals surface area contributed by atoms with Gasteiger partial charge in [0.15, 0.2) is 0 Å². The Morgan fingerprint density at radius 2 is 2.06 bits per heavy atom. The van der Waals surface area contributed by atoms with Gasteiger partial charge in [-0.15, -0.1) is 0 Å². The van der Waals surface area contributed by atoms with Gasteiger partial charge in [-0.1, -0.05) is 61.8 Å².